The number of fused-ring (bicyclic) bond motifs is 1. The molecule has 0 radical (unpaired) electrons. The quantitative estimate of drug-likeness (QED) is 0.251. The van der Waals surface area contributed by atoms with Crippen LogP contribution < -0.4 is 15.8 Å². The topological polar surface area (TPSA) is 145 Å². The van der Waals surface area contributed by atoms with Gasteiger partial charge in [-0.15, -0.1) is 11.3 Å². The first-order chi connectivity index (χ1) is 21.5. The zero-order valence-corrected chi connectivity index (χ0v) is 24.3. The third-order valence-corrected chi connectivity index (χ3v) is 8.59. The molecule has 1 aliphatic rings. The van der Waals surface area contributed by atoms with Crippen molar-refractivity contribution in [1.29, 1.82) is 0 Å². The Balaban J connectivity index is 0.929. The third-order valence-electron chi connectivity index (χ3n) is 7.56. The van der Waals surface area contributed by atoms with Crippen molar-refractivity contribution in [2.24, 2.45) is 0 Å². The summed E-state index contributed by atoms with van der Waals surface area (Å²) in [6.07, 6.45) is 8.62. The molecule has 0 saturated carbocycles. The molecule has 220 valence electrons. The maximum Gasteiger partial charge on any atom is 0.265 e. The maximum absolute atomic E-state index is 13.1. The van der Waals surface area contributed by atoms with Gasteiger partial charge >= 0.3 is 0 Å². The number of carbonyl (C=O) groups excluding carboxylic acids is 2. The lowest BCUT2D eigenvalue weighted by Gasteiger charge is -2.36. The number of nitrogens with one attached hydrogen (secondary N) is 3. The van der Waals surface area contributed by atoms with Crippen LogP contribution in [0.3, 0.4) is 0 Å². The molecular weight excluding hydrogens is 578 g/mol. The van der Waals surface area contributed by atoms with E-state index in [9.17, 15) is 14.4 Å². The minimum atomic E-state index is -0.259. The molecule has 1 aliphatic heterocycles. The number of thiophene rings is 1. The van der Waals surface area contributed by atoms with Crippen molar-refractivity contribution in [1.82, 2.24) is 34.6 Å². The fourth-order valence-electron chi connectivity index (χ4n) is 5.25. The number of hydrogen-bond acceptors (Lipinski definition) is 8. The number of rotatable bonds is 7. The second kappa shape index (κ2) is 11.6. The Bertz CT molecular complexity index is 1980. The molecule has 0 bridgehead atoms. The molecule has 44 heavy (non-hydrogen) atoms. The van der Waals surface area contributed by atoms with Crippen LogP contribution in [-0.2, 0) is 11.3 Å². The van der Waals surface area contributed by atoms with E-state index in [0.29, 0.717) is 34.3 Å². The number of H-pyrrole nitrogens is 2. The van der Waals surface area contributed by atoms with Crippen LogP contribution in [0.2, 0.25) is 0 Å². The lowest BCUT2D eigenvalue weighted by Crippen LogP contribution is -2.49. The van der Waals surface area contributed by atoms with E-state index in [1.165, 1.54) is 17.4 Å². The minimum Gasteiger partial charge on any atom is -0.368 e. The van der Waals surface area contributed by atoms with E-state index < -0.39 is 0 Å². The van der Waals surface area contributed by atoms with Gasteiger partial charge in [-0.3, -0.25) is 19.5 Å². The molecule has 0 aliphatic carbocycles. The van der Waals surface area contributed by atoms with E-state index in [1.807, 2.05) is 17.0 Å². The molecular formula is C31H27N9O3S. The molecule has 6 heterocycles. The molecule has 0 unspecified atom stereocenters. The van der Waals surface area contributed by atoms with Crippen molar-refractivity contribution >= 4 is 44.7 Å². The van der Waals surface area contributed by atoms with Crippen molar-refractivity contribution in [3.63, 3.8) is 0 Å². The third kappa shape index (κ3) is 5.60. The molecule has 1 saturated heterocycles. The van der Waals surface area contributed by atoms with Gasteiger partial charge in [0.05, 0.1) is 16.3 Å². The van der Waals surface area contributed by atoms with Gasteiger partial charge in [0.2, 0.25) is 11.5 Å². The molecule has 0 atom stereocenters. The minimum absolute atomic E-state index is 0.0313. The van der Waals surface area contributed by atoms with E-state index in [1.54, 1.807) is 59.8 Å². The summed E-state index contributed by atoms with van der Waals surface area (Å²) in [5, 5.41) is 11.0. The summed E-state index contributed by atoms with van der Waals surface area (Å²) in [4.78, 5) is 54.1. The predicted octanol–water partition coefficient (Wildman–Crippen LogP) is 3.84. The number of aromatic amines is 2. The normalized spacial score (nSPS) is 13.4. The van der Waals surface area contributed by atoms with Crippen molar-refractivity contribution in [2.45, 2.75) is 6.54 Å². The summed E-state index contributed by atoms with van der Waals surface area (Å²) in [5.41, 5.74) is 3.98. The number of piperazine rings is 1. The van der Waals surface area contributed by atoms with Gasteiger partial charge in [0.25, 0.3) is 5.91 Å². The average Bonchev–Trinajstić information content (AvgIpc) is 3.79. The second-order valence-electron chi connectivity index (χ2n) is 10.4. The zero-order valence-electron chi connectivity index (χ0n) is 23.4. The highest BCUT2D eigenvalue weighted by molar-refractivity contribution is 7.20. The summed E-state index contributed by atoms with van der Waals surface area (Å²) in [6.45, 7) is 2.95. The van der Waals surface area contributed by atoms with Crippen molar-refractivity contribution in [2.75, 3.05) is 36.4 Å². The zero-order chi connectivity index (χ0) is 30.0. The van der Waals surface area contributed by atoms with Gasteiger partial charge in [-0.05, 0) is 48.5 Å². The average molecular weight is 606 g/mol. The van der Waals surface area contributed by atoms with Crippen LogP contribution in [0.4, 0.5) is 11.4 Å². The van der Waals surface area contributed by atoms with E-state index in [4.69, 9.17) is 0 Å². The fraction of sp³-hybridized carbons (Fsp3) is 0.161. The summed E-state index contributed by atoms with van der Waals surface area (Å²) < 4.78 is 1.78. The standard InChI is InChI=1S/C31H27N9O3S/c41-26-7-4-21(17-34-26)28-24-16-25(44-31(24)37-36-28)30(43)35-22-8-11-38(18-22)19-27(42)40-14-12-39(13-15-40)23-5-2-20(3-6-23)29-32-9-1-10-33-29/h1-11,16-18H,12-15,19H2,(H,34,41)(H,35,43)(H,36,37). The molecule has 2 amide bonds. The Morgan fingerprint density at radius 3 is 2.48 bits per heavy atom. The molecule has 7 rings (SSSR count). The van der Waals surface area contributed by atoms with Crippen LogP contribution >= 0.6 is 11.3 Å². The SMILES string of the molecule is O=C(Nc1ccn(CC(=O)N2CCN(c3ccc(-c4ncccn4)cc3)CC2)c1)c1cc2c(-c3ccc(=O)[nH]c3)[nH]nc2s1. The van der Waals surface area contributed by atoms with E-state index in [-0.39, 0.29) is 23.9 Å². The Morgan fingerprint density at radius 2 is 1.73 bits per heavy atom. The Kier molecular flexibility index (Phi) is 7.20. The Hall–Kier alpha value is -5.56. The van der Waals surface area contributed by atoms with Gasteiger partial charge < -0.3 is 24.7 Å². The molecule has 1 aromatic carbocycles. The summed E-state index contributed by atoms with van der Waals surface area (Å²) in [6, 6.07) is 16.7. The van der Waals surface area contributed by atoms with Gasteiger partial charge in [0.15, 0.2) is 5.82 Å². The van der Waals surface area contributed by atoms with Crippen LogP contribution in [0.15, 0.2) is 90.4 Å². The number of hydrogen-bond donors (Lipinski definition) is 3. The summed E-state index contributed by atoms with van der Waals surface area (Å²) >= 11 is 1.27. The molecule has 6 aromatic rings. The number of amides is 2. The highest BCUT2D eigenvalue weighted by atomic mass is 32.1. The summed E-state index contributed by atoms with van der Waals surface area (Å²) in [7, 11) is 0. The Morgan fingerprint density at radius 1 is 0.955 bits per heavy atom. The second-order valence-corrected chi connectivity index (χ2v) is 11.4. The predicted molar refractivity (Wildman–Crippen MR) is 169 cm³/mol. The van der Waals surface area contributed by atoms with Crippen LogP contribution in [0.25, 0.3) is 32.9 Å². The number of anilines is 2. The summed E-state index contributed by atoms with van der Waals surface area (Å²) in [5.74, 6) is 0.468. The van der Waals surface area contributed by atoms with Crippen LogP contribution in [-0.4, -0.2) is 72.6 Å². The van der Waals surface area contributed by atoms with E-state index in [0.717, 1.165) is 41.0 Å². The van der Waals surface area contributed by atoms with Crippen molar-refractivity contribution < 1.29 is 9.59 Å². The monoisotopic (exact) mass is 605 g/mol. The first kappa shape index (κ1) is 27.3. The van der Waals surface area contributed by atoms with Crippen LogP contribution in [0, 0.1) is 0 Å². The lowest BCUT2D eigenvalue weighted by atomic mass is 10.1. The number of aromatic nitrogens is 6. The molecule has 5 aromatic heterocycles. The first-order valence-corrected chi connectivity index (χ1v) is 14.9. The highest BCUT2D eigenvalue weighted by Crippen LogP contribution is 2.32. The number of carbonyl (C=O) groups is 2. The number of benzene rings is 1. The Labute approximate surface area is 255 Å². The molecule has 0 spiro atoms. The number of pyridine rings is 1. The van der Waals surface area contributed by atoms with Gasteiger partial charge in [-0.25, -0.2) is 9.97 Å². The fourth-order valence-corrected chi connectivity index (χ4v) is 6.14. The largest absolute Gasteiger partial charge is 0.368 e. The highest BCUT2D eigenvalue weighted by Gasteiger charge is 2.22. The lowest BCUT2D eigenvalue weighted by molar-refractivity contribution is -0.132. The maximum atomic E-state index is 13.1. The molecule has 13 heteroatoms. The van der Waals surface area contributed by atoms with Crippen molar-refractivity contribution in [3.8, 4) is 22.6 Å². The van der Waals surface area contributed by atoms with E-state index >= 15 is 0 Å². The van der Waals surface area contributed by atoms with Gasteiger partial charge in [0, 0.05) is 85.4 Å². The van der Waals surface area contributed by atoms with Crippen LogP contribution in [0.1, 0.15) is 9.67 Å². The van der Waals surface area contributed by atoms with E-state index in [2.05, 4.69) is 47.5 Å². The molecule has 3 N–H and O–H groups in total. The molecule has 1 fully saturated rings. The van der Waals surface area contributed by atoms with Gasteiger partial charge in [-0.1, -0.05) is 0 Å². The molecule has 12 nitrogen and oxygen atoms in total. The van der Waals surface area contributed by atoms with Crippen molar-refractivity contribution in [3.05, 3.63) is 101 Å². The first-order valence-electron chi connectivity index (χ1n) is 14.0. The van der Waals surface area contributed by atoms with Gasteiger partial charge in [0.1, 0.15) is 11.4 Å². The number of nitrogens with zero attached hydrogens (tertiary/aromatic N) is 6. The van der Waals surface area contributed by atoms with Crippen LogP contribution in [0.5, 0.6) is 0 Å². The van der Waals surface area contributed by atoms with Gasteiger partial charge in [-0.2, -0.15) is 5.10 Å². The smallest absolute Gasteiger partial charge is 0.265 e.